The van der Waals surface area contributed by atoms with Crippen LogP contribution in [0.25, 0.3) is 17.4 Å². The number of carbonyl (C=O) groups excluding carboxylic acids is 2. The first-order valence-corrected chi connectivity index (χ1v) is 8.71. The normalized spacial score (nSPS) is 15.1. The standard InChI is InChI=1S/C22H15FN2O4/c1-13-19(21(26)25(24-13)17-7-5-16(23)6-8-17)12-18-9-10-20(29-18)14-3-2-4-15(11-14)22(27)28/h2-12H,1H3,(H,27,28)/p-1/b19-12-. The highest BCUT2D eigenvalue weighted by Gasteiger charge is 2.29. The second kappa shape index (κ2) is 7.20. The molecule has 1 amide bonds. The quantitative estimate of drug-likeness (QED) is 0.641. The zero-order valence-corrected chi connectivity index (χ0v) is 15.3. The summed E-state index contributed by atoms with van der Waals surface area (Å²) in [5.74, 6) is -1.16. The minimum atomic E-state index is -1.27. The molecular weight excluding hydrogens is 375 g/mol. The lowest BCUT2D eigenvalue weighted by molar-refractivity contribution is -0.255. The van der Waals surface area contributed by atoms with E-state index in [-0.39, 0.29) is 11.5 Å². The fourth-order valence-corrected chi connectivity index (χ4v) is 2.97. The van der Waals surface area contributed by atoms with Gasteiger partial charge in [-0.3, -0.25) is 4.79 Å². The minimum Gasteiger partial charge on any atom is -0.545 e. The first-order chi connectivity index (χ1) is 13.9. The number of rotatable bonds is 4. The molecule has 1 aliphatic rings. The molecule has 0 saturated heterocycles. The van der Waals surface area contributed by atoms with Crippen LogP contribution in [0.2, 0.25) is 0 Å². The molecule has 0 atom stereocenters. The molecule has 0 aliphatic carbocycles. The molecule has 0 unspecified atom stereocenters. The molecule has 2 aromatic carbocycles. The molecule has 144 valence electrons. The lowest BCUT2D eigenvalue weighted by atomic mass is 10.1. The first-order valence-electron chi connectivity index (χ1n) is 8.71. The molecule has 6 nitrogen and oxygen atoms in total. The Balaban J connectivity index is 1.61. The van der Waals surface area contributed by atoms with Crippen molar-refractivity contribution in [3.63, 3.8) is 0 Å². The van der Waals surface area contributed by atoms with Gasteiger partial charge < -0.3 is 14.3 Å². The molecule has 1 aliphatic heterocycles. The zero-order chi connectivity index (χ0) is 20.5. The Morgan fingerprint density at radius 1 is 1.14 bits per heavy atom. The summed E-state index contributed by atoms with van der Waals surface area (Å²) in [7, 11) is 0. The lowest BCUT2D eigenvalue weighted by Crippen LogP contribution is -2.22. The van der Waals surface area contributed by atoms with Crippen LogP contribution in [0, 0.1) is 5.82 Å². The van der Waals surface area contributed by atoms with Gasteiger partial charge in [0.1, 0.15) is 17.3 Å². The molecule has 4 rings (SSSR count). The lowest BCUT2D eigenvalue weighted by Gasteiger charge is -2.11. The van der Waals surface area contributed by atoms with Crippen molar-refractivity contribution in [3.8, 4) is 11.3 Å². The third-order valence-corrected chi connectivity index (χ3v) is 4.43. The van der Waals surface area contributed by atoms with Gasteiger partial charge in [-0.2, -0.15) is 10.1 Å². The summed E-state index contributed by atoms with van der Waals surface area (Å²) < 4.78 is 18.9. The van der Waals surface area contributed by atoms with Crippen molar-refractivity contribution in [2.75, 3.05) is 5.01 Å². The second-order valence-electron chi connectivity index (χ2n) is 6.41. The van der Waals surface area contributed by atoms with Crippen LogP contribution in [0.3, 0.4) is 0 Å². The van der Waals surface area contributed by atoms with Crippen LogP contribution in [0.15, 0.2) is 75.8 Å². The van der Waals surface area contributed by atoms with E-state index in [1.807, 2.05) is 0 Å². The number of nitrogens with zero attached hydrogens (tertiary/aromatic N) is 2. The number of hydrazone groups is 1. The SMILES string of the molecule is CC1=NN(c2ccc(F)cc2)C(=O)/C1=C\c1ccc(-c2cccc(C(=O)[O-])c2)o1. The van der Waals surface area contributed by atoms with Crippen molar-refractivity contribution < 1.29 is 23.5 Å². The number of carbonyl (C=O) groups is 2. The third kappa shape index (κ3) is 3.58. The van der Waals surface area contributed by atoms with Crippen molar-refractivity contribution in [1.29, 1.82) is 0 Å². The molecule has 0 N–H and O–H groups in total. The maximum atomic E-state index is 13.1. The highest BCUT2D eigenvalue weighted by molar-refractivity contribution is 6.32. The van der Waals surface area contributed by atoms with Gasteiger partial charge in [-0.15, -0.1) is 0 Å². The van der Waals surface area contributed by atoms with Gasteiger partial charge in [0.05, 0.1) is 22.9 Å². The van der Waals surface area contributed by atoms with Gasteiger partial charge >= 0.3 is 0 Å². The summed E-state index contributed by atoms with van der Waals surface area (Å²) in [6.45, 7) is 1.69. The molecule has 2 heterocycles. The fraction of sp³-hybridized carbons (Fsp3) is 0.0455. The maximum Gasteiger partial charge on any atom is 0.280 e. The van der Waals surface area contributed by atoms with Gasteiger partial charge in [0.25, 0.3) is 5.91 Å². The molecule has 0 spiro atoms. The van der Waals surface area contributed by atoms with Gasteiger partial charge in [0, 0.05) is 5.56 Å². The van der Waals surface area contributed by atoms with Gasteiger partial charge in [0.2, 0.25) is 0 Å². The van der Waals surface area contributed by atoms with Crippen molar-refractivity contribution in [3.05, 3.63) is 83.4 Å². The number of carboxylic acids is 1. The van der Waals surface area contributed by atoms with E-state index < -0.39 is 11.8 Å². The first kappa shape index (κ1) is 18.4. The van der Waals surface area contributed by atoms with Crippen molar-refractivity contribution in [2.24, 2.45) is 5.10 Å². The van der Waals surface area contributed by atoms with Crippen molar-refractivity contribution >= 4 is 29.4 Å². The number of halogens is 1. The van der Waals surface area contributed by atoms with Crippen LogP contribution < -0.4 is 10.1 Å². The van der Waals surface area contributed by atoms with Gasteiger partial charge in [-0.25, -0.2) is 4.39 Å². The van der Waals surface area contributed by atoms with Crippen LogP contribution in [0.4, 0.5) is 10.1 Å². The van der Waals surface area contributed by atoms with E-state index >= 15 is 0 Å². The van der Waals surface area contributed by atoms with E-state index in [0.717, 1.165) is 0 Å². The van der Waals surface area contributed by atoms with Crippen molar-refractivity contribution in [1.82, 2.24) is 0 Å². The van der Waals surface area contributed by atoms with E-state index in [4.69, 9.17) is 4.42 Å². The van der Waals surface area contributed by atoms with Crippen LogP contribution in [0.1, 0.15) is 23.0 Å². The molecule has 0 radical (unpaired) electrons. The number of furan rings is 1. The summed E-state index contributed by atoms with van der Waals surface area (Å²) in [4.78, 5) is 23.8. The van der Waals surface area contributed by atoms with Crippen molar-refractivity contribution in [2.45, 2.75) is 6.92 Å². The molecule has 3 aromatic rings. The van der Waals surface area contributed by atoms with Gasteiger partial charge in [-0.05, 0) is 61.0 Å². The molecule has 1 aromatic heterocycles. The highest BCUT2D eigenvalue weighted by Crippen LogP contribution is 2.28. The van der Waals surface area contributed by atoms with E-state index in [1.54, 1.807) is 37.3 Å². The Labute approximate surface area is 165 Å². The van der Waals surface area contributed by atoms with E-state index in [0.29, 0.717) is 34.1 Å². The summed E-state index contributed by atoms with van der Waals surface area (Å²) in [6.07, 6.45) is 1.57. The summed E-state index contributed by atoms with van der Waals surface area (Å²) >= 11 is 0. The minimum absolute atomic E-state index is 0.0442. The molecule has 0 bridgehead atoms. The summed E-state index contributed by atoms with van der Waals surface area (Å²) in [5.41, 5.74) is 1.92. The van der Waals surface area contributed by atoms with E-state index in [2.05, 4.69) is 5.10 Å². The molecule has 7 heteroatoms. The molecule has 0 saturated carbocycles. The zero-order valence-electron chi connectivity index (χ0n) is 15.3. The number of hydrogen-bond acceptors (Lipinski definition) is 5. The number of hydrogen-bond donors (Lipinski definition) is 0. The van der Waals surface area contributed by atoms with Gasteiger partial charge in [-0.1, -0.05) is 18.2 Å². The molecule has 0 fully saturated rings. The molecule has 29 heavy (non-hydrogen) atoms. The Morgan fingerprint density at radius 2 is 1.90 bits per heavy atom. The van der Waals surface area contributed by atoms with E-state index in [9.17, 15) is 19.1 Å². The largest absolute Gasteiger partial charge is 0.545 e. The Hall–Kier alpha value is -4.00. The summed E-state index contributed by atoms with van der Waals surface area (Å²) in [6, 6.07) is 15.0. The Morgan fingerprint density at radius 3 is 2.62 bits per heavy atom. The van der Waals surface area contributed by atoms with Crippen LogP contribution >= 0.6 is 0 Å². The topological polar surface area (TPSA) is 85.9 Å². The number of carboxylic acid groups (broad SMARTS) is 1. The third-order valence-electron chi connectivity index (χ3n) is 4.43. The van der Waals surface area contributed by atoms with Crippen LogP contribution in [-0.2, 0) is 4.79 Å². The van der Waals surface area contributed by atoms with Crippen LogP contribution in [-0.4, -0.2) is 17.6 Å². The smallest absolute Gasteiger partial charge is 0.280 e. The Bertz CT molecular complexity index is 1180. The summed E-state index contributed by atoms with van der Waals surface area (Å²) in [5, 5.41) is 16.5. The number of amides is 1. The predicted molar refractivity (Wildman–Crippen MR) is 103 cm³/mol. The maximum absolute atomic E-state index is 13.1. The monoisotopic (exact) mass is 389 g/mol. The highest BCUT2D eigenvalue weighted by atomic mass is 19.1. The molecular formula is C22H14FN2O4-. The average Bonchev–Trinajstić information content (AvgIpc) is 3.29. The second-order valence-corrected chi connectivity index (χ2v) is 6.41. The van der Waals surface area contributed by atoms with E-state index in [1.165, 1.54) is 41.4 Å². The number of anilines is 1. The predicted octanol–water partition coefficient (Wildman–Crippen LogP) is 3.26. The van der Waals surface area contributed by atoms with Crippen LogP contribution in [0.5, 0.6) is 0 Å². The Kier molecular flexibility index (Phi) is 4.56. The average molecular weight is 389 g/mol. The van der Waals surface area contributed by atoms with Gasteiger partial charge in [0.15, 0.2) is 0 Å². The fourth-order valence-electron chi connectivity index (χ4n) is 2.97. The number of aromatic carboxylic acids is 1. The number of benzene rings is 2.